The molecule has 1 aromatic carbocycles. The second-order valence-corrected chi connectivity index (χ2v) is 4.24. The van der Waals surface area contributed by atoms with Crippen LogP contribution in [0.5, 0.6) is 5.75 Å². The van der Waals surface area contributed by atoms with Gasteiger partial charge in [-0.3, -0.25) is 0 Å². The van der Waals surface area contributed by atoms with Crippen molar-refractivity contribution in [3.05, 3.63) is 29.7 Å². The molecule has 19 heavy (non-hydrogen) atoms. The number of ether oxygens (including phenoxy) is 2. The van der Waals surface area contributed by atoms with E-state index in [1.807, 2.05) is 0 Å². The summed E-state index contributed by atoms with van der Waals surface area (Å²) >= 11 is 0. The molecule has 0 atom stereocenters. The third kappa shape index (κ3) is 2.86. The van der Waals surface area contributed by atoms with Crippen LogP contribution in [0.2, 0.25) is 0 Å². The number of aromatic amines is 1. The van der Waals surface area contributed by atoms with Crippen molar-refractivity contribution in [1.82, 2.24) is 4.98 Å². The fourth-order valence-corrected chi connectivity index (χ4v) is 1.84. The summed E-state index contributed by atoms with van der Waals surface area (Å²) in [7, 11) is 1.30. The summed E-state index contributed by atoms with van der Waals surface area (Å²) in [5, 5.41) is 0.679. The Balaban J connectivity index is 2.38. The molecule has 0 spiro atoms. The van der Waals surface area contributed by atoms with Gasteiger partial charge in [-0.2, -0.15) is 0 Å². The lowest BCUT2D eigenvalue weighted by atomic mass is 10.2. The molecule has 0 saturated carbocycles. The van der Waals surface area contributed by atoms with Gasteiger partial charge in [0.15, 0.2) is 0 Å². The molecule has 0 aliphatic carbocycles. The van der Waals surface area contributed by atoms with Crippen molar-refractivity contribution >= 4 is 16.9 Å². The molecule has 5 heteroatoms. The van der Waals surface area contributed by atoms with Crippen LogP contribution < -0.4 is 4.74 Å². The summed E-state index contributed by atoms with van der Waals surface area (Å²) in [6.07, 6.45) is 1.89. The number of hydrogen-bond donors (Lipinski definition) is 1. The van der Waals surface area contributed by atoms with Crippen LogP contribution in [0.3, 0.4) is 0 Å². The van der Waals surface area contributed by atoms with Crippen molar-refractivity contribution in [1.29, 1.82) is 0 Å². The smallest absolute Gasteiger partial charge is 0.354 e. The highest BCUT2D eigenvalue weighted by Crippen LogP contribution is 2.28. The van der Waals surface area contributed by atoms with Gasteiger partial charge >= 0.3 is 5.97 Å². The van der Waals surface area contributed by atoms with Gasteiger partial charge in [-0.25, -0.2) is 9.18 Å². The zero-order valence-corrected chi connectivity index (χ0v) is 11.0. The number of hydrogen-bond acceptors (Lipinski definition) is 3. The Hall–Kier alpha value is -2.04. The van der Waals surface area contributed by atoms with Gasteiger partial charge in [-0.15, -0.1) is 0 Å². The highest BCUT2D eigenvalue weighted by molar-refractivity contribution is 5.97. The molecule has 0 amide bonds. The van der Waals surface area contributed by atoms with E-state index in [0.29, 0.717) is 23.3 Å². The van der Waals surface area contributed by atoms with Gasteiger partial charge in [0.2, 0.25) is 0 Å². The first-order chi connectivity index (χ1) is 9.15. The minimum absolute atomic E-state index is 0.281. The average Bonchev–Trinajstić information content (AvgIpc) is 2.81. The highest BCUT2D eigenvalue weighted by Gasteiger charge is 2.13. The molecule has 0 saturated heterocycles. The van der Waals surface area contributed by atoms with E-state index in [0.717, 1.165) is 12.8 Å². The van der Waals surface area contributed by atoms with Crippen LogP contribution in [-0.4, -0.2) is 24.7 Å². The first-order valence-corrected chi connectivity index (χ1v) is 6.19. The number of halogens is 1. The van der Waals surface area contributed by atoms with Gasteiger partial charge in [-0.1, -0.05) is 13.3 Å². The molecular formula is C14H16FNO3. The van der Waals surface area contributed by atoms with Gasteiger partial charge in [0.1, 0.15) is 17.3 Å². The molecular weight excluding hydrogens is 249 g/mol. The number of nitrogens with one attached hydrogen (secondary N) is 1. The van der Waals surface area contributed by atoms with Gasteiger partial charge in [0.05, 0.1) is 19.2 Å². The van der Waals surface area contributed by atoms with E-state index in [1.54, 1.807) is 6.07 Å². The lowest BCUT2D eigenvalue weighted by molar-refractivity contribution is 0.0595. The Morgan fingerprint density at radius 1 is 1.37 bits per heavy atom. The highest BCUT2D eigenvalue weighted by atomic mass is 19.1. The normalized spacial score (nSPS) is 10.7. The van der Waals surface area contributed by atoms with Crippen LogP contribution >= 0.6 is 0 Å². The number of carbonyl (C=O) groups is 1. The molecule has 1 N–H and O–H groups in total. The largest absolute Gasteiger partial charge is 0.493 e. The number of rotatable bonds is 5. The average molecular weight is 265 g/mol. The van der Waals surface area contributed by atoms with E-state index in [2.05, 4.69) is 16.6 Å². The fraction of sp³-hybridized carbons (Fsp3) is 0.357. The molecule has 2 rings (SSSR count). The Kier molecular flexibility index (Phi) is 4.04. The van der Waals surface area contributed by atoms with Crippen molar-refractivity contribution in [3.63, 3.8) is 0 Å². The summed E-state index contributed by atoms with van der Waals surface area (Å²) in [4.78, 5) is 14.3. The maximum atomic E-state index is 13.5. The molecule has 102 valence electrons. The lowest BCUT2D eigenvalue weighted by Crippen LogP contribution is -2.00. The fourth-order valence-electron chi connectivity index (χ4n) is 1.84. The summed E-state index contributed by atoms with van der Waals surface area (Å²) < 4.78 is 23.7. The third-order valence-electron chi connectivity index (χ3n) is 2.83. The molecule has 2 aromatic rings. The van der Waals surface area contributed by atoms with Crippen molar-refractivity contribution in [3.8, 4) is 5.75 Å². The van der Waals surface area contributed by atoms with Crippen LogP contribution in [0.15, 0.2) is 18.2 Å². The van der Waals surface area contributed by atoms with Crippen LogP contribution in [0.1, 0.15) is 30.3 Å². The Morgan fingerprint density at radius 3 is 2.84 bits per heavy atom. The minimum Gasteiger partial charge on any atom is -0.493 e. The van der Waals surface area contributed by atoms with Crippen LogP contribution in [0.25, 0.3) is 10.9 Å². The number of unbranched alkanes of at least 4 members (excludes halogenated alkanes) is 1. The van der Waals surface area contributed by atoms with Gasteiger partial charge in [-0.05, 0) is 18.6 Å². The van der Waals surface area contributed by atoms with Crippen molar-refractivity contribution in [2.45, 2.75) is 19.8 Å². The molecule has 0 aliphatic heterocycles. The number of aromatic nitrogens is 1. The van der Waals surface area contributed by atoms with Crippen LogP contribution in [0.4, 0.5) is 4.39 Å². The van der Waals surface area contributed by atoms with E-state index >= 15 is 0 Å². The topological polar surface area (TPSA) is 51.3 Å². The van der Waals surface area contributed by atoms with Crippen molar-refractivity contribution in [2.24, 2.45) is 0 Å². The summed E-state index contributed by atoms with van der Waals surface area (Å²) in [5.74, 6) is -0.455. The number of fused-ring (bicyclic) bond motifs is 1. The summed E-state index contributed by atoms with van der Waals surface area (Å²) in [6, 6.07) is 4.27. The number of esters is 1. The quantitative estimate of drug-likeness (QED) is 0.666. The summed E-state index contributed by atoms with van der Waals surface area (Å²) in [6.45, 7) is 2.57. The zero-order chi connectivity index (χ0) is 13.8. The second-order valence-electron chi connectivity index (χ2n) is 4.24. The number of carbonyl (C=O) groups excluding carboxylic acids is 1. The molecule has 0 radical (unpaired) electrons. The minimum atomic E-state index is -0.490. The Bertz CT molecular complexity index is 592. The summed E-state index contributed by atoms with van der Waals surface area (Å²) in [5.41, 5.74) is 0.801. The molecule has 1 aromatic heterocycles. The number of H-pyrrole nitrogens is 1. The molecule has 0 aliphatic rings. The first-order valence-electron chi connectivity index (χ1n) is 6.19. The molecule has 0 unspecified atom stereocenters. The van der Waals surface area contributed by atoms with Gasteiger partial charge in [0, 0.05) is 11.5 Å². The van der Waals surface area contributed by atoms with Crippen LogP contribution in [0, 0.1) is 5.82 Å². The predicted molar refractivity (Wildman–Crippen MR) is 70.0 cm³/mol. The number of benzene rings is 1. The first kappa shape index (κ1) is 13.4. The van der Waals surface area contributed by atoms with E-state index in [9.17, 15) is 9.18 Å². The van der Waals surface area contributed by atoms with Crippen LogP contribution in [-0.2, 0) is 4.74 Å². The van der Waals surface area contributed by atoms with E-state index < -0.39 is 11.8 Å². The van der Waals surface area contributed by atoms with Crippen molar-refractivity contribution < 1.29 is 18.7 Å². The SMILES string of the molecule is CCCCOc1cc(F)cc2[nH]c(C(=O)OC)cc12. The zero-order valence-electron chi connectivity index (χ0n) is 11.0. The monoisotopic (exact) mass is 265 g/mol. The maximum Gasteiger partial charge on any atom is 0.354 e. The predicted octanol–water partition coefficient (Wildman–Crippen LogP) is 3.27. The number of methoxy groups -OCH3 is 1. The molecule has 0 bridgehead atoms. The maximum absolute atomic E-state index is 13.5. The Morgan fingerprint density at radius 2 is 2.16 bits per heavy atom. The van der Waals surface area contributed by atoms with Gasteiger partial charge < -0.3 is 14.5 Å². The van der Waals surface area contributed by atoms with E-state index in [4.69, 9.17) is 4.74 Å². The van der Waals surface area contributed by atoms with E-state index in [-0.39, 0.29) is 5.69 Å². The van der Waals surface area contributed by atoms with E-state index in [1.165, 1.54) is 19.2 Å². The third-order valence-corrected chi connectivity index (χ3v) is 2.83. The Labute approximate surface area is 110 Å². The molecule has 1 heterocycles. The van der Waals surface area contributed by atoms with Gasteiger partial charge in [0.25, 0.3) is 0 Å². The second kappa shape index (κ2) is 5.73. The standard InChI is InChI=1S/C14H16FNO3/c1-3-4-5-19-13-7-9(15)6-11-10(13)8-12(16-11)14(17)18-2/h6-8,16H,3-5H2,1-2H3. The van der Waals surface area contributed by atoms with Crippen molar-refractivity contribution in [2.75, 3.05) is 13.7 Å². The lowest BCUT2D eigenvalue weighted by Gasteiger charge is -2.06. The molecule has 4 nitrogen and oxygen atoms in total. The molecule has 0 fully saturated rings.